The van der Waals surface area contributed by atoms with Crippen molar-refractivity contribution in [2.45, 2.75) is 58.9 Å². The molecular formula is C18H28INO3. The molecule has 0 bridgehead atoms. The fourth-order valence-corrected chi connectivity index (χ4v) is 3.26. The van der Waals surface area contributed by atoms with Gasteiger partial charge in [-0.2, -0.15) is 0 Å². The van der Waals surface area contributed by atoms with Crippen LogP contribution in [0.25, 0.3) is 0 Å². The number of aromatic hydroxyl groups is 1. The Labute approximate surface area is 153 Å². The topological polar surface area (TPSA) is 58.6 Å². The number of phenolic OH excluding ortho intramolecular Hbond substituents is 1. The Bertz CT molecular complexity index is 503. The Morgan fingerprint density at radius 3 is 2.61 bits per heavy atom. The van der Waals surface area contributed by atoms with E-state index < -0.39 is 0 Å². The van der Waals surface area contributed by atoms with E-state index in [0.717, 1.165) is 27.9 Å². The molecule has 0 heterocycles. The number of nitrogens with one attached hydrogen (secondary N) is 1. The summed E-state index contributed by atoms with van der Waals surface area (Å²) in [6.45, 7) is 4.95. The van der Waals surface area contributed by atoms with Gasteiger partial charge < -0.3 is 15.2 Å². The summed E-state index contributed by atoms with van der Waals surface area (Å²) in [4.78, 5) is 11.9. The van der Waals surface area contributed by atoms with Gasteiger partial charge in [0.05, 0.1) is 10.7 Å². The van der Waals surface area contributed by atoms with Crippen molar-refractivity contribution >= 4 is 28.5 Å². The Morgan fingerprint density at radius 2 is 1.96 bits per heavy atom. The molecule has 1 aromatic carbocycles. The highest BCUT2D eigenvalue weighted by molar-refractivity contribution is 14.1. The van der Waals surface area contributed by atoms with Crippen LogP contribution < -0.4 is 10.1 Å². The summed E-state index contributed by atoms with van der Waals surface area (Å²) in [7, 11) is 1.53. The number of benzene rings is 1. The summed E-state index contributed by atoms with van der Waals surface area (Å²) in [5.74, 6) is 1.43. The van der Waals surface area contributed by atoms with E-state index >= 15 is 0 Å². The molecule has 0 radical (unpaired) electrons. The first-order valence-electron chi connectivity index (χ1n) is 8.26. The van der Waals surface area contributed by atoms with Crippen LogP contribution in [0.1, 0.15) is 57.9 Å². The number of rotatable bonds is 10. The molecule has 0 saturated heterocycles. The van der Waals surface area contributed by atoms with Crippen LogP contribution in [0.5, 0.6) is 11.5 Å². The van der Waals surface area contributed by atoms with E-state index in [9.17, 15) is 9.90 Å². The van der Waals surface area contributed by atoms with E-state index in [2.05, 4.69) is 41.8 Å². The number of halogens is 1. The second-order valence-corrected chi connectivity index (χ2v) is 7.29. The first-order valence-corrected chi connectivity index (χ1v) is 9.34. The van der Waals surface area contributed by atoms with Crippen molar-refractivity contribution < 1.29 is 14.6 Å². The third-order valence-corrected chi connectivity index (χ3v) is 4.95. The lowest BCUT2D eigenvalue weighted by atomic mass is 10.0. The van der Waals surface area contributed by atoms with Gasteiger partial charge in [0.2, 0.25) is 5.91 Å². The molecule has 23 heavy (non-hydrogen) atoms. The third-order valence-electron chi connectivity index (χ3n) is 3.77. The van der Waals surface area contributed by atoms with Crippen LogP contribution in [0.15, 0.2) is 12.1 Å². The van der Waals surface area contributed by atoms with E-state index in [0.29, 0.717) is 18.7 Å². The van der Waals surface area contributed by atoms with Gasteiger partial charge in [0.15, 0.2) is 11.5 Å². The molecule has 2 N–H and O–H groups in total. The van der Waals surface area contributed by atoms with Crippen molar-refractivity contribution in [3.05, 3.63) is 21.3 Å². The van der Waals surface area contributed by atoms with Gasteiger partial charge in [-0.3, -0.25) is 4.79 Å². The number of amides is 1. The number of carbonyl (C=O) groups is 1. The second-order valence-electron chi connectivity index (χ2n) is 6.21. The second kappa shape index (κ2) is 10.7. The lowest BCUT2D eigenvalue weighted by Crippen LogP contribution is -2.22. The van der Waals surface area contributed by atoms with Crippen molar-refractivity contribution in [2.24, 2.45) is 5.92 Å². The average Bonchev–Trinajstić information content (AvgIpc) is 2.50. The number of carbonyl (C=O) groups excluding carboxylic acids is 1. The van der Waals surface area contributed by atoms with Crippen LogP contribution in [0.3, 0.4) is 0 Å². The maximum absolute atomic E-state index is 11.9. The first kappa shape index (κ1) is 20.1. The Balaban J connectivity index is 2.29. The van der Waals surface area contributed by atoms with Crippen LogP contribution in [-0.2, 0) is 11.3 Å². The highest BCUT2D eigenvalue weighted by Gasteiger charge is 2.12. The Morgan fingerprint density at radius 1 is 1.26 bits per heavy atom. The van der Waals surface area contributed by atoms with Gasteiger partial charge in [0.1, 0.15) is 0 Å². The molecule has 0 fully saturated rings. The van der Waals surface area contributed by atoms with Gasteiger partial charge in [0.25, 0.3) is 0 Å². The minimum absolute atomic E-state index is 0.0803. The molecule has 130 valence electrons. The summed E-state index contributed by atoms with van der Waals surface area (Å²) >= 11 is 2.13. The average molecular weight is 433 g/mol. The number of methoxy groups -OCH3 is 1. The minimum atomic E-state index is 0.0803. The maximum atomic E-state index is 11.9. The summed E-state index contributed by atoms with van der Waals surface area (Å²) in [5, 5.41) is 12.6. The van der Waals surface area contributed by atoms with Gasteiger partial charge in [-0.1, -0.05) is 45.6 Å². The monoisotopic (exact) mass is 433 g/mol. The highest BCUT2D eigenvalue weighted by Crippen LogP contribution is 2.33. The zero-order chi connectivity index (χ0) is 17.2. The van der Waals surface area contributed by atoms with E-state index in [1.54, 1.807) is 6.07 Å². The number of phenols is 1. The van der Waals surface area contributed by atoms with Gasteiger partial charge in [-0.05, 0) is 46.6 Å². The van der Waals surface area contributed by atoms with Crippen LogP contribution in [0.2, 0.25) is 0 Å². The normalized spacial score (nSPS) is 10.8. The molecule has 0 aliphatic heterocycles. The number of hydrogen-bond acceptors (Lipinski definition) is 3. The lowest BCUT2D eigenvalue weighted by Gasteiger charge is -2.11. The van der Waals surface area contributed by atoms with Crippen molar-refractivity contribution in [1.82, 2.24) is 5.32 Å². The molecule has 1 aromatic rings. The first-order chi connectivity index (χ1) is 11.0. The Kier molecular flexibility index (Phi) is 9.36. The summed E-state index contributed by atoms with van der Waals surface area (Å²) < 4.78 is 6.00. The summed E-state index contributed by atoms with van der Waals surface area (Å²) in [6, 6.07) is 3.41. The molecule has 0 unspecified atom stereocenters. The Hall–Kier alpha value is -0.980. The molecule has 0 aromatic heterocycles. The van der Waals surface area contributed by atoms with Gasteiger partial charge in [-0.15, -0.1) is 0 Å². The maximum Gasteiger partial charge on any atom is 0.220 e. The predicted octanol–water partition coefficient (Wildman–Crippen LogP) is 4.62. The molecular weight excluding hydrogens is 405 g/mol. The smallest absolute Gasteiger partial charge is 0.220 e. The fraction of sp³-hybridized carbons (Fsp3) is 0.611. The molecule has 1 amide bonds. The number of hydrogen-bond donors (Lipinski definition) is 2. The fourth-order valence-electron chi connectivity index (χ4n) is 2.39. The van der Waals surface area contributed by atoms with Gasteiger partial charge >= 0.3 is 0 Å². The predicted molar refractivity (Wildman–Crippen MR) is 102 cm³/mol. The van der Waals surface area contributed by atoms with Gasteiger partial charge in [0, 0.05) is 13.0 Å². The highest BCUT2D eigenvalue weighted by atomic mass is 127. The van der Waals surface area contributed by atoms with E-state index in [4.69, 9.17) is 4.74 Å². The zero-order valence-electron chi connectivity index (χ0n) is 14.3. The van der Waals surface area contributed by atoms with Crippen LogP contribution in [-0.4, -0.2) is 18.1 Å². The number of ether oxygens (including phenoxy) is 1. The molecule has 0 saturated carbocycles. The van der Waals surface area contributed by atoms with Gasteiger partial charge in [-0.25, -0.2) is 0 Å². The van der Waals surface area contributed by atoms with E-state index in [-0.39, 0.29) is 11.7 Å². The summed E-state index contributed by atoms with van der Waals surface area (Å²) in [6.07, 6.45) is 6.37. The SMILES string of the molecule is COc1c(O)ccc(CNC(=O)CCCCCCC(C)C)c1I. The van der Waals surface area contributed by atoms with Crippen LogP contribution in [0.4, 0.5) is 0 Å². The van der Waals surface area contributed by atoms with E-state index in [1.807, 2.05) is 6.07 Å². The molecule has 0 aliphatic carbocycles. The largest absolute Gasteiger partial charge is 0.504 e. The van der Waals surface area contributed by atoms with Crippen molar-refractivity contribution in [1.29, 1.82) is 0 Å². The van der Waals surface area contributed by atoms with Crippen molar-refractivity contribution in [3.63, 3.8) is 0 Å². The van der Waals surface area contributed by atoms with Crippen molar-refractivity contribution in [2.75, 3.05) is 7.11 Å². The third kappa shape index (κ3) is 7.42. The molecule has 5 heteroatoms. The van der Waals surface area contributed by atoms with Crippen molar-refractivity contribution in [3.8, 4) is 11.5 Å². The molecule has 0 aliphatic rings. The zero-order valence-corrected chi connectivity index (χ0v) is 16.5. The quantitative estimate of drug-likeness (QED) is 0.418. The molecule has 4 nitrogen and oxygen atoms in total. The van der Waals surface area contributed by atoms with Crippen LogP contribution >= 0.6 is 22.6 Å². The molecule has 0 atom stereocenters. The van der Waals surface area contributed by atoms with E-state index in [1.165, 1.54) is 26.4 Å². The minimum Gasteiger partial charge on any atom is -0.504 e. The lowest BCUT2D eigenvalue weighted by molar-refractivity contribution is -0.121. The standard InChI is InChI=1S/C18H28INO3/c1-13(2)8-6-4-5-7-9-16(22)20-12-14-10-11-15(21)18(23-3)17(14)19/h10-11,13,21H,4-9,12H2,1-3H3,(H,20,22). The number of unbranched alkanes of at least 4 members (excludes halogenated alkanes) is 3. The summed E-state index contributed by atoms with van der Waals surface area (Å²) in [5.41, 5.74) is 0.950. The molecule has 1 rings (SSSR count). The molecule has 0 spiro atoms. The van der Waals surface area contributed by atoms with Crippen LogP contribution in [0, 0.1) is 9.49 Å².